The lowest BCUT2D eigenvalue weighted by Crippen LogP contribution is -2.41. The van der Waals surface area contributed by atoms with Crippen LogP contribution in [0.1, 0.15) is 6.92 Å². The third-order valence-corrected chi connectivity index (χ3v) is 2.81. The van der Waals surface area contributed by atoms with Gasteiger partial charge in [0.05, 0.1) is 6.04 Å². The van der Waals surface area contributed by atoms with Gasteiger partial charge in [0, 0.05) is 19.1 Å². The summed E-state index contributed by atoms with van der Waals surface area (Å²) in [6.45, 7) is 3.81. The molecule has 1 heterocycles. The van der Waals surface area contributed by atoms with Gasteiger partial charge in [-0.25, -0.2) is 0 Å². The van der Waals surface area contributed by atoms with E-state index in [9.17, 15) is 4.79 Å². The van der Waals surface area contributed by atoms with Crippen LogP contribution in [0.3, 0.4) is 0 Å². The van der Waals surface area contributed by atoms with Crippen molar-refractivity contribution in [1.29, 1.82) is 0 Å². The predicted molar refractivity (Wildman–Crippen MR) is 45.4 cm³/mol. The summed E-state index contributed by atoms with van der Waals surface area (Å²) in [4.78, 5) is 11.2. The molecule has 12 heavy (non-hydrogen) atoms. The first-order chi connectivity index (χ1) is 5.70. The molecule has 2 aliphatic rings. The van der Waals surface area contributed by atoms with E-state index < -0.39 is 0 Å². The van der Waals surface area contributed by atoms with E-state index in [0.29, 0.717) is 17.9 Å². The number of amides is 1. The highest BCUT2D eigenvalue weighted by Gasteiger charge is 2.53. The molecule has 2 rings (SSSR count). The number of rotatable bonds is 2. The van der Waals surface area contributed by atoms with Gasteiger partial charge >= 0.3 is 0 Å². The van der Waals surface area contributed by atoms with Crippen LogP contribution < -0.4 is 16.4 Å². The van der Waals surface area contributed by atoms with Crippen molar-refractivity contribution in [2.24, 2.45) is 17.6 Å². The maximum atomic E-state index is 11.2. The van der Waals surface area contributed by atoms with Crippen molar-refractivity contribution in [2.45, 2.75) is 19.0 Å². The fourth-order valence-electron chi connectivity index (χ4n) is 1.93. The van der Waals surface area contributed by atoms with Crippen molar-refractivity contribution in [3.05, 3.63) is 0 Å². The average molecular weight is 169 g/mol. The second-order valence-electron chi connectivity index (χ2n) is 3.81. The molecule has 68 valence electrons. The number of nitrogens with two attached hydrogens (primary N) is 1. The number of hydrogen-bond donors (Lipinski definition) is 3. The van der Waals surface area contributed by atoms with Crippen LogP contribution in [0, 0.1) is 11.8 Å². The number of nitrogens with one attached hydrogen (secondary N) is 2. The van der Waals surface area contributed by atoms with Gasteiger partial charge < -0.3 is 16.4 Å². The molecule has 0 radical (unpaired) electrons. The molecule has 1 saturated heterocycles. The summed E-state index contributed by atoms with van der Waals surface area (Å²) in [5.74, 6) is 1.33. The Morgan fingerprint density at radius 1 is 1.58 bits per heavy atom. The summed E-state index contributed by atoms with van der Waals surface area (Å²) in [6, 6.07) is 0.0315. The van der Waals surface area contributed by atoms with E-state index in [1.54, 1.807) is 6.92 Å². The van der Waals surface area contributed by atoms with E-state index in [1.807, 2.05) is 0 Å². The molecule has 0 aromatic rings. The number of piperidine rings is 1. The summed E-state index contributed by atoms with van der Waals surface area (Å²) < 4.78 is 0. The average Bonchev–Trinajstić information content (AvgIpc) is 2.46. The standard InChI is InChI=1S/C8H15N3O/c1-4(9)8(12)11-7-5-2-10-3-6(5)7/h4-7,10H,2-3,9H2,1H3,(H,11,12)/t4-,5-,6+,7?/m0/s1. The molecule has 4 atom stereocenters. The van der Waals surface area contributed by atoms with E-state index in [1.165, 1.54) is 0 Å². The van der Waals surface area contributed by atoms with Crippen LogP contribution in [0.2, 0.25) is 0 Å². The molecule has 4 N–H and O–H groups in total. The van der Waals surface area contributed by atoms with Crippen molar-refractivity contribution in [2.75, 3.05) is 13.1 Å². The van der Waals surface area contributed by atoms with Crippen LogP contribution in [-0.2, 0) is 4.79 Å². The van der Waals surface area contributed by atoms with Gasteiger partial charge in [0.2, 0.25) is 5.91 Å². The highest BCUT2D eigenvalue weighted by atomic mass is 16.2. The third kappa shape index (κ3) is 1.21. The normalized spacial score (nSPS) is 40.3. The topological polar surface area (TPSA) is 67.2 Å². The molecule has 0 spiro atoms. The van der Waals surface area contributed by atoms with Crippen molar-refractivity contribution >= 4 is 5.91 Å². The number of carbonyl (C=O) groups excluding carboxylic acids is 1. The fourth-order valence-corrected chi connectivity index (χ4v) is 1.93. The maximum absolute atomic E-state index is 11.2. The number of fused-ring (bicyclic) bond motifs is 1. The minimum absolute atomic E-state index is 0.0191. The highest BCUT2D eigenvalue weighted by Crippen LogP contribution is 2.41. The molecule has 1 saturated carbocycles. The first-order valence-corrected chi connectivity index (χ1v) is 4.47. The van der Waals surface area contributed by atoms with Gasteiger partial charge in [-0.15, -0.1) is 0 Å². The summed E-state index contributed by atoms with van der Waals surface area (Å²) in [5, 5.41) is 6.22. The number of carbonyl (C=O) groups is 1. The van der Waals surface area contributed by atoms with Gasteiger partial charge in [0.1, 0.15) is 0 Å². The van der Waals surface area contributed by atoms with Gasteiger partial charge in [-0.05, 0) is 18.8 Å². The van der Waals surface area contributed by atoms with E-state index in [0.717, 1.165) is 13.1 Å². The third-order valence-electron chi connectivity index (χ3n) is 2.81. The smallest absolute Gasteiger partial charge is 0.236 e. The minimum Gasteiger partial charge on any atom is -0.351 e. The number of hydrogen-bond acceptors (Lipinski definition) is 3. The Morgan fingerprint density at radius 2 is 2.17 bits per heavy atom. The zero-order valence-electron chi connectivity index (χ0n) is 7.21. The molecule has 4 nitrogen and oxygen atoms in total. The lowest BCUT2D eigenvalue weighted by molar-refractivity contribution is -0.122. The quantitative estimate of drug-likeness (QED) is 0.479. The van der Waals surface area contributed by atoms with Crippen LogP contribution in [0.4, 0.5) is 0 Å². The molecule has 0 aromatic carbocycles. The first-order valence-electron chi connectivity index (χ1n) is 4.47. The van der Waals surface area contributed by atoms with Crippen LogP contribution >= 0.6 is 0 Å². The summed E-state index contributed by atoms with van der Waals surface area (Å²) in [5.41, 5.74) is 5.43. The van der Waals surface area contributed by atoms with Crippen molar-refractivity contribution in [3.63, 3.8) is 0 Å². The molecule has 0 aromatic heterocycles. The molecule has 2 fully saturated rings. The summed E-state index contributed by atoms with van der Waals surface area (Å²) >= 11 is 0. The Balaban J connectivity index is 1.79. The maximum Gasteiger partial charge on any atom is 0.236 e. The Morgan fingerprint density at radius 3 is 2.67 bits per heavy atom. The van der Waals surface area contributed by atoms with Crippen molar-refractivity contribution in [1.82, 2.24) is 10.6 Å². The monoisotopic (exact) mass is 169 g/mol. The van der Waals surface area contributed by atoms with Gasteiger partial charge in [-0.2, -0.15) is 0 Å². The van der Waals surface area contributed by atoms with Gasteiger partial charge in [-0.3, -0.25) is 4.79 Å². The molecular weight excluding hydrogens is 154 g/mol. The Labute approximate surface area is 71.9 Å². The first kappa shape index (κ1) is 8.01. The molecular formula is C8H15N3O. The van der Waals surface area contributed by atoms with E-state index in [-0.39, 0.29) is 11.9 Å². The van der Waals surface area contributed by atoms with Gasteiger partial charge in [-0.1, -0.05) is 0 Å². The summed E-state index contributed by atoms with van der Waals surface area (Å²) in [7, 11) is 0. The van der Waals surface area contributed by atoms with Crippen LogP contribution in [0.15, 0.2) is 0 Å². The fraction of sp³-hybridized carbons (Fsp3) is 0.875. The van der Waals surface area contributed by atoms with Crippen LogP contribution in [-0.4, -0.2) is 31.1 Å². The van der Waals surface area contributed by atoms with Crippen LogP contribution in [0.5, 0.6) is 0 Å². The second-order valence-corrected chi connectivity index (χ2v) is 3.81. The SMILES string of the molecule is C[C@H](N)C(=O)NC1[C@H]2CNC[C@@H]12. The Bertz CT molecular complexity index is 194. The molecule has 0 bridgehead atoms. The van der Waals surface area contributed by atoms with Crippen molar-refractivity contribution in [3.8, 4) is 0 Å². The molecule has 1 aliphatic carbocycles. The summed E-state index contributed by atoms with van der Waals surface area (Å²) in [6.07, 6.45) is 0. The van der Waals surface area contributed by atoms with E-state index >= 15 is 0 Å². The zero-order chi connectivity index (χ0) is 8.72. The molecule has 4 heteroatoms. The lowest BCUT2D eigenvalue weighted by atomic mass is 10.3. The largest absolute Gasteiger partial charge is 0.351 e. The molecule has 1 aliphatic heterocycles. The van der Waals surface area contributed by atoms with E-state index in [4.69, 9.17) is 5.73 Å². The van der Waals surface area contributed by atoms with Crippen LogP contribution in [0.25, 0.3) is 0 Å². The van der Waals surface area contributed by atoms with Gasteiger partial charge in [0.15, 0.2) is 0 Å². The second kappa shape index (κ2) is 2.71. The minimum atomic E-state index is -0.376. The lowest BCUT2D eigenvalue weighted by Gasteiger charge is -2.09. The van der Waals surface area contributed by atoms with E-state index in [2.05, 4.69) is 10.6 Å². The zero-order valence-corrected chi connectivity index (χ0v) is 7.21. The molecule has 1 amide bonds. The Hall–Kier alpha value is -0.610. The highest BCUT2D eigenvalue weighted by molar-refractivity contribution is 5.81. The van der Waals surface area contributed by atoms with Crippen molar-refractivity contribution < 1.29 is 4.79 Å². The predicted octanol–water partition coefficient (Wildman–Crippen LogP) is -1.33. The van der Waals surface area contributed by atoms with Gasteiger partial charge in [0.25, 0.3) is 0 Å². The molecule has 1 unspecified atom stereocenters. The Kier molecular flexibility index (Phi) is 1.81.